The van der Waals surface area contributed by atoms with Crippen LogP contribution in [0.5, 0.6) is 0 Å². The van der Waals surface area contributed by atoms with Crippen LogP contribution in [0.3, 0.4) is 0 Å². The molecule has 0 aliphatic rings. The van der Waals surface area contributed by atoms with Crippen molar-refractivity contribution >= 4 is 40.6 Å². The number of hydrogen-bond acceptors (Lipinski definition) is 6. The van der Waals surface area contributed by atoms with Crippen molar-refractivity contribution < 1.29 is 18.1 Å². The lowest BCUT2D eigenvalue weighted by molar-refractivity contribution is -0.387. The summed E-state index contributed by atoms with van der Waals surface area (Å²) in [6.07, 6.45) is -3.56. The number of benzene rings is 2. The molecule has 0 aliphatic carbocycles. The van der Waals surface area contributed by atoms with Crippen LogP contribution in [0.25, 0.3) is 0 Å². The lowest BCUT2D eigenvalue weighted by Crippen LogP contribution is -2.07. The molecular weight excluding hydrogens is 429 g/mol. The molecule has 150 valence electrons. The number of nitro groups is 1. The normalized spacial score (nSPS) is 11.3. The number of hydrogen-bond donors (Lipinski definition) is 1. The third-order valence-electron chi connectivity index (χ3n) is 3.74. The second-order valence-corrected chi connectivity index (χ2v) is 7.34. The Kier molecular flexibility index (Phi) is 5.94. The van der Waals surface area contributed by atoms with E-state index in [2.05, 4.69) is 15.3 Å². The number of nitrogens with one attached hydrogen (secondary N) is 1. The Morgan fingerprint density at radius 2 is 1.83 bits per heavy atom. The van der Waals surface area contributed by atoms with Gasteiger partial charge in [0.1, 0.15) is 6.33 Å². The van der Waals surface area contributed by atoms with Gasteiger partial charge in [-0.1, -0.05) is 41.1 Å². The Morgan fingerprint density at radius 3 is 2.45 bits per heavy atom. The quantitative estimate of drug-likeness (QED) is 0.286. The van der Waals surface area contributed by atoms with Gasteiger partial charge in [-0.05, 0) is 37.3 Å². The van der Waals surface area contributed by atoms with Gasteiger partial charge in [0, 0.05) is 10.6 Å². The Morgan fingerprint density at radius 1 is 1.14 bits per heavy atom. The summed E-state index contributed by atoms with van der Waals surface area (Å²) >= 11 is 6.66. The molecule has 1 N–H and O–H groups in total. The molecule has 1 aromatic heterocycles. The van der Waals surface area contributed by atoms with Crippen LogP contribution in [-0.4, -0.2) is 14.9 Å². The Hall–Kier alpha value is -2.85. The minimum absolute atomic E-state index is 0.0465. The van der Waals surface area contributed by atoms with Crippen LogP contribution in [0, 0.1) is 17.0 Å². The molecule has 29 heavy (non-hydrogen) atoms. The maximum Gasteiger partial charge on any atom is 0.417 e. The molecule has 0 saturated carbocycles. The van der Waals surface area contributed by atoms with Crippen LogP contribution in [0.4, 0.5) is 30.4 Å². The molecule has 0 fully saturated rings. The van der Waals surface area contributed by atoms with Crippen molar-refractivity contribution in [3.05, 3.63) is 75.1 Å². The van der Waals surface area contributed by atoms with Gasteiger partial charge in [-0.3, -0.25) is 10.1 Å². The van der Waals surface area contributed by atoms with Gasteiger partial charge in [0.15, 0.2) is 5.03 Å². The van der Waals surface area contributed by atoms with Crippen LogP contribution in [0.15, 0.2) is 58.7 Å². The van der Waals surface area contributed by atoms with E-state index in [0.717, 1.165) is 35.8 Å². The average molecular weight is 441 g/mol. The average Bonchev–Trinajstić information content (AvgIpc) is 2.64. The fraction of sp³-hybridized carbons (Fsp3) is 0.111. The highest BCUT2D eigenvalue weighted by atomic mass is 35.5. The van der Waals surface area contributed by atoms with Gasteiger partial charge in [0.05, 0.1) is 15.5 Å². The van der Waals surface area contributed by atoms with E-state index >= 15 is 0 Å². The summed E-state index contributed by atoms with van der Waals surface area (Å²) in [7, 11) is 0. The third-order valence-corrected chi connectivity index (χ3v) is 5.07. The fourth-order valence-electron chi connectivity index (χ4n) is 2.37. The zero-order chi connectivity index (χ0) is 21.2. The van der Waals surface area contributed by atoms with E-state index in [0.29, 0.717) is 4.90 Å². The third kappa shape index (κ3) is 4.96. The van der Waals surface area contributed by atoms with E-state index in [1.54, 1.807) is 12.1 Å². The molecular formula is C18H12ClF3N4O2S. The molecule has 3 rings (SSSR count). The molecule has 1 heterocycles. The highest BCUT2D eigenvalue weighted by Gasteiger charge is 2.33. The first-order chi connectivity index (χ1) is 13.6. The molecule has 0 saturated heterocycles. The van der Waals surface area contributed by atoms with Crippen molar-refractivity contribution in [3.63, 3.8) is 0 Å². The summed E-state index contributed by atoms with van der Waals surface area (Å²) < 4.78 is 39.2. The molecule has 0 amide bonds. The summed E-state index contributed by atoms with van der Waals surface area (Å²) in [4.78, 5) is 19.5. The lowest BCUT2D eigenvalue weighted by atomic mass is 10.2. The van der Waals surface area contributed by atoms with Crippen molar-refractivity contribution in [2.24, 2.45) is 0 Å². The van der Waals surface area contributed by atoms with E-state index in [9.17, 15) is 23.3 Å². The molecule has 0 atom stereocenters. The minimum atomic E-state index is -4.67. The maximum atomic E-state index is 13.1. The molecule has 2 aromatic carbocycles. The maximum absolute atomic E-state index is 13.1. The molecule has 0 radical (unpaired) electrons. The monoisotopic (exact) mass is 440 g/mol. The highest BCUT2D eigenvalue weighted by Crippen LogP contribution is 2.39. The molecule has 0 spiro atoms. The van der Waals surface area contributed by atoms with Gasteiger partial charge in [-0.15, -0.1) is 0 Å². The van der Waals surface area contributed by atoms with Gasteiger partial charge in [0.25, 0.3) is 0 Å². The second kappa shape index (κ2) is 8.26. The first-order valence-electron chi connectivity index (χ1n) is 8.03. The molecule has 11 heteroatoms. The van der Waals surface area contributed by atoms with Crippen LogP contribution in [0.1, 0.15) is 11.1 Å². The summed E-state index contributed by atoms with van der Waals surface area (Å²) in [6, 6.07) is 10.4. The van der Waals surface area contributed by atoms with Crippen molar-refractivity contribution in [2.45, 2.75) is 23.0 Å². The first-order valence-corrected chi connectivity index (χ1v) is 9.22. The van der Waals surface area contributed by atoms with E-state index < -0.39 is 27.4 Å². The largest absolute Gasteiger partial charge is 0.417 e. The van der Waals surface area contributed by atoms with E-state index in [1.165, 1.54) is 6.07 Å². The second-order valence-electron chi connectivity index (χ2n) is 5.87. The van der Waals surface area contributed by atoms with Gasteiger partial charge in [-0.2, -0.15) is 13.2 Å². The van der Waals surface area contributed by atoms with Crippen LogP contribution in [-0.2, 0) is 6.18 Å². The Labute approximate surface area is 172 Å². The van der Waals surface area contributed by atoms with Gasteiger partial charge < -0.3 is 5.32 Å². The number of rotatable bonds is 5. The molecule has 6 nitrogen and oxygen atoms in total. The Bertz CT molecular complexity index is 1060. The van der Waals surface area contributed by atoms with Crippen molar-refractivity contribution in [3.8, 4) is 0 Å². The standard InChI is InChI=1S/C18H12ClF3N4O2S/c1-10-2-5-12(6-3-10)29-17-15(26(27)28)16(23-9-24-17)25-11-4-7-14(19)13(8-11)18(20,21)22/h2-9H,1H3,(H,23,24,25). The fourth-order valence-corrected chi connectivity index (χ4v) is 3.46. The number of aryl methyl sites for hydroxylation is 1. The number of anilines is 2. The summed E-state index contributed by atoms with van der Waals surface area (Å²) in [6.45, 7) is 1.91. The van der Waals surface area contributed by atoms with Gasteiger partial charge in [-0.25, -0.2) is 9.97 Å². The molecule has 0 aliphatic heterocycles. The molecule has 0 unspecified atom stereocenters. The minimum Gasteiger partial charge on any atom is -0.334 e. The smallest absolute Gasteiger partial charge is 0.334 e. The highest BCUT2D eigenvalue weighted by molar-refractivity contribution is 7.99. The predicted octanol–water partition coefficient (Wildman–Crippen LogP) is 6.26. The van der Waals surface area contributed by atoms with E-state index in [1.807, 2.05) is 19.1 Å². The van der Waals surface area contributed by atoms with E-state index in [-0.39, 0.29) is 16.5 Å². The lowest BCUT2D eigenvalue weighted by Gasteiger charge is -2.12. The Balaban J connectivity index is 1.98. The molecule has 3 aromatic rings. The number of aromatic nitrogens is 2. The SMILES string of the molecule is Cc1ccc(Sc2ncnc(Nc3ccc(Cl)c(C(F)(F)F)c3)c2[N+](=O)[O-])cc1. The molecule has 0 bridgehead atoms. The summed E-state index contributed by atoms with van der Waals surface area (Å²) in [5.41, 5.74) is -0.524. The zero-order valence-electron chi connectivity index (χ0n) is 14.7. The summed E-state index contributed by atoms with van der Waals surface area (Å²) in [5, 5.41) is 13.8. The van der Waals surface area contributed by atoms with Gasteiger partial charge in [0.2, 0.25) is 5.82 Å². The topological polar surface area (TPSA) is 81.0 Å². The van der Waals surface area contributed by atoms with Gasteiger partial charge >= 0.3 is 11.9 Å². The number of alkyl halides is 3. The van der Waals surface area contributed by atoms with E-state index in [4.69, 9.17) is 11.6 Å². The van der Waals surface area contributed by atoms with Crippen LogP contribution < -0.4 is 5.32 Å². The zero-order valence-corrected chi connectivity index (χ0v) is 16.3. The number of nitrogens with zero attached hydrogens (tertiary/aromatic N) is 3. The van der Waals surface area contributed by atoms with Crippen molar-refractivity contribution in [2.75, 3.05) is 5.32 Å². The number of halogens is 4. The van der Waals surface area contributed by atoms with Crippen LogP contribution >= 0.6 is 23.4 Å². The summed E-state index contributed by atoms with van der Waals surface area (Å²) in [5.74, 6) is -0.227. The van der Waals surface area contributed by atoms with Crippen molar-refractivity contribution in [1.82, 2.24) is 9.97 Å². The van der Waals surface area contributed by atoms with Crippen molar-refractivity contribution in [1.29, 1.82) is 0 Å². The predicted molar refractivity (Wildman–Crippen MR) is 104 cm³/mol. The first kappa shape index (κ1) is 20.9. The van der Waals surface area contributed by atoms with Crippen LogP contribution in [0.2, 0.25) is 5.02 Å².